The third kappa shape index (κ3) is 8.92. The first-order valence-corrected chi connectivity index (χ1v) is 12.5. The predicted octanol–water partition coefficient (Wildman–Crippen LogP) is 3.15. The van der Waals surface area contributed by atoms with Crippen LogP contribution in [0.5, 0.6) is 5.75 Å². The van der Waals surface area contributed by atoms with E-state index in [4.69, 9.17) is 0 Å². The number of hydrogen-bond acceptors (Lipinski definition) is 7. The quantitative estimate of drug-likeness (QED) is 0.242. The average molecular weight is 557 g/mol. The largest absolute Gasteiger partial charge is 0.573 e. The van der Waals surface area contributed by atoms with E-state index in [0.717, 1.165) is 18.4 Å². The molecular formula is C26H27F3N8O3. The van der Waals surface area contributed by atoms with Crippen LogP contribution in [0.25, 0.3) is 0 Å². The molecule has 0 spiro atoms. The van der Waals surface area contributed by atoms with Gasteiger partial charge in [0, 0.05) is 26.2 Å². The van der Waals surface area contributed by atoms with Crippen LogP contribution < -0.4 is 15.4 Å². The summed E-state index contributed by atoms with van der Waals surface area (Å²) in [7, 11) is 0. The Morgan fingerprint density at radius 2 is 1.40 bits per heavy atom. The number of aryl methyl sites for hydroxylation is 2. The maximum absolute atomic E-state index is 12.4. The number of benzene rings is 2. The van der Waals surface area contributed by atoms with Crippen LogP contribution in [0.2, 0.25) is 0 Å². The Labute approximate surface area is 227 Å². The molecule has 0 aliphatic carbocycles. The van der Waals surface area contributed by atoms with E-state index in [1.54, 1.807) is 16.9 Å². The third-order valence-electron chi connectivity index (χ3n) is 5.69. The molecule has 4 aromatic rings. The van der Waals surface area contributed by atoms with Crippen LogP contribution in [-0.2, 0) is 26.1 Å². The smallest absolute Gasteiger partial charge is 0.406 e. The van der Waals surface area contributed by atoms with Crippen molar-refractivity contribution in [2.45, 2.75) is 45.3 Å². The minimum absolute atomic E-state index is 0.00824. The number of ether oxygens (including phenoxy) is 1. The van der Waals surface area contributed by atoms with Gasteiger partial charge in [0.05, 0.1) is 12.4 Å². The summed E-state index contributed by atoms with van der Waals surface area (Å²) in [6.45, 7) is 1.53. The second kappa shape index (κ2) is 13.4. The van der Waals surface area contributed by atoms with E-state index in [1.165, 1.54) is 29.1 Å². The Bertz CT molecular complexity index is 1410. The number of carbonyl (C=O) groups is 2. The molecule has 2 heterocycles. The van der Waals surface area contributed by atoms with Crippen LogP contribution in [0, 0.1) is 0 Å². The lowest BCUT2D eigenvalue weighted by molar-refractivity contribution is -0.274. The normalized spacial score (nSPS) is 11.3. The molecule has 2 N–H and O–H groups in total. The number of unbranched alkanes of at least 4 members (excludes halogenated alkanes) is 1. The summed E-state index contributed by atoms with van der Waals surface area (Å²) in [5, 5.41) is 21.2. The molecule has 2 aromatic heterocycles. The van der Waals surface area contributed by atoms with Crippen LogP contribution in [-0.4, -0.2) is 54.7 Å². The van der Waals surface area contributed by atoms with Gasteiger partial charge in [0.2, 0.25) is 0 Å². The highest BCUT2D eigenvalue weighted by molar-refractivity contribution is 5.92. The van der Waals surface area contributed by atoms with Crippen molar-refractivity contribution < 1.29 is 27.5 Å². The average Bonchev–Trinajstić information content (AvgIpc) is 3.60. The van der Waals surface area contributed by atoms with Crippen molar-refractivity contribution in [2.75, 3.05) is 6.54 Å². The number of alkyl halides is 3. The number of rotatable bonds is 13. The summed E-state index contributed by atoms with van der Waals surface area (Å²) in [6, 6.07) is 15.2. The van der Waals surface area contributed by atoms with E-state index < -0.39 is 12.3 Å². The SMILES string of the molecule is O=C(NCCc1ccccc1)c1cn(CCCCn2cc(C(=O)NCc3cccc(OC(F)(F)F)c3)nn2)nn1. The summed E-state index contributed by atoms with van der Waals surface area (Å²) in [5.74, 6) is -1.15. The molecule has 0 aliphatic rings. The van der Waals surface area contributed by atoms with Crippen LogP contribution in [0.3, 0.4) is 0 Å². The lowest BCUT2D eigenvalue weighted by Gasteiger charge is -2.10. The van der Waals surface area contributed by atoms with Crippen molar-refractivity contribution in [1.29, 1.82) is 0 Å². The fraction of sp³-hybridized carbons (Fsp3) is 0.308. The van der Waals surface area contributed by atoms with E-state index in [0.29, 0.717) is 31.6 Å². The van der Waals surface area contributed by atoms with Gasteiger partial charge in [-0.1, -0.05) is 52.9 Å². The number of aromatic nitrogens is 6. The summed E-state index contributed by atoms with van der Waals surface area (Å²) in [5.41, 5.74) is 1.90. The first-order chi connectivity index (χ1) is 19.2. The second-order valence-electron chi connectivity index (χ2n) is 8.81. The van der Waals surface area contributed by atoms with Gasteiger partial charge < -0.3 is 15.4 Å². The van der Waals surface area contributed by atoms with Crippen LogP contribution in [0.4, 0.5) is 13.2 Å². The summed E-state index contributed by atoms with van der Waals surface area (Å²) in [6.07, 6.45) is 0.441. The highest BCUT2D eigenvalue weighted by atomic mass is 19.4. The van der Waals surface area contributed by atoms with Crippen molar-refractivity contribution >= 4 is 11.8 Å². The molecule has 0 fully saturated rings. The molecule has 0 radical (unpaired) electrons. The lowest BCUT2D eigenvalue weighted by Crippen LogP contribution is -2.26. The number of carbonyl (C=O) groups excluding carboxylic acids is 2. The van der Waals surface area contributed by atoms with Gasteiger partial charge in [-0.2, -0.15) is 0 Å². The molecular weight excluding hydrogens is 529 g/mol. The first kappa shape index (κ1) is 28.3. The molecule has 14 heteroatoms. The molecule has 210 valence electrons. The van der Waals surface area contributed by atoms with Crippen LogP contribution in [0.1, 0.15) is 44.9 Å². The van der Waals surface area contributed by atoms with E-state index in [1.807, 2.05) is 30.3 Å². The molecule has 0 atom stereocenters. The number of nitrogens with zero attached hydrogens (tertiary/aromatic N) is 6. The van der Waals surface area contributed by atoms with Crippen LogP contribution in [0.15, 0.2) is 67.0 Å². The Morgan fingerprint density at radius 3 is 2.02 bits per heavy atom. The standard InChI is InChI=1S/C26H27F3N8O3/c27-26(28,29)40-21-10-6-9-20(15-21)16-31-25(39)23-18-37(35-33-23)14-5-4-13-36-17-22(32-34-36)24(38)30-12-11-19-7-2-1-3-8-19/h1-3,6-10,15,17-18H,4-5,11-14,16H2,(H,30,38)(H,31,39). The molecule has 0 unspecified atom stereocenters. The number of hydrogen-bond donors (Lipinski definition) is 2. The fourth-order valence-electron chi connectivity index (χ4n) is 3.75. The maximum Gasteiger partial charge on any atom is 0.573 e. The van der Waals surface area contributed by atoms with Crippen LogP contribution >= 0.6 is 0 Å². The highest BCUT2D eigenvalue weighted by Crippen LogP contribution is 2.23. The second-order valence-corrected chi connectivity index (χ2v) is 8.81. The Morgan fingerprint density at radius 1 is 0.800 bits per heavy atom. The Kier molecular flexibility index (Phi) is 9.44. The number of halogens is 3. The van der Waals surface area contributed by atoms with E-state index in [-0.39, 0.29) is 29.6 Å². The van der Waals surface area contributed by atoms with E-state index in [2.05, 4.69) is 36.0 Å². The molecule has 2 amide bonds. The van der Waals surface area contributed by atoms with Crippen molar-refractivity contribution in [2.24, 2.45) is 0 Å². The minimum atomic E-state index is -4.79. The van der Waals surface area contributed by atoms with Gasteiger partial charge in [-0.3, -0.25) is 19.0 Å². The van der Waals surface area contributed by atoms with Gasteiger partial charge in [-0.25, -0.2) is 0 Å². The zero-order valence-electron chi connectivity index (χ0n) is 21.3. The number of nitrogens with one attached hydrogen (secondary N) is 2. The van der Waals surface area contributed by atoms with E-state index in [9.17, 15) is 22.8 Å². The van der Waals surface area contributed by atoms with Gasteiger partial charge >= 0.3 is 6.36 Å². The number of amides is 2. The highest BCUT2D eigenvalue weighted by Gasteiger charge is 2.31. The van der Waals surface area contributed by atoms with Crippen molar-refractivity contribution in [3.05, 3.63) is 89.5 Å². The Balaban J connectivity index is 1.15. The monoisotopic (exact) mass is 556 g/mol. The molecule has 0 saturated carbocycles. The summed E-state index contributed by atoms with van der Waals surface area (Å²) < 4.78 is 44.2. The van der Waals surface area contributed by atoms with Gasteiger partial charge in [0.25, 0.3) is 11.8 Å². The molecule has 4 rings (SSSR count). The minimum Gasteiger partial charge on any atom is -0.406 e. The zero-order chi connectivity index (χ0) is 28.4. The molecule has 0 saturated heterocycles. The molecule has 40 heavy (non-hydrogen) atoms. The lowest BCUT2D eigenvalue weighted by atomic mass is 10.1. The van der Waals surface area contributed by atoms with Gasteiger partial charge in [0.1, 0.15) is 5.75 Å². The third-order valence-corrected chi connectivity index (χ3v) is 5.69. The van der Waals surface area contributed by atoms with E-state index >= 15 is 0 Å². The molecule has 0 bridgehead atoms. The van der Waals surface area contributed by atoms with Gasteiger partial charge in [-0.15, -0.1) is 23.4 Å². The van der Waals surface area contributed by atoms with Gasteiger partial charge in [-0.05, 0) is 42.5 Å². The predicted molar refractivity (Wildman–Crippen MR) is 136 cm³/mol. The first-order valence-electron chi connectivity index (χ1n) is 12.5. The Hall–Kier alpha value is -4.75. The molecule has 11 nitrogen and oxygen atoms in total. The van der Waals surface area contributed by atoms with Crippen molar-refractivity contribution in [3.8, 4) is 5.75 Å². The summed E-state index contributed by atoms with van der Waals surface area (Å²) >= 11 is 0. The van der Waals surface area contributed by atoms with Crippen molar-refractivity contribution in [1.82, 2.24) is 40.6 Å². The van der Waals surface area contributed by atoms with Gasteiger partial charge in [0.15, 0.2) is 11.4 Å². The zero-order valence-corrected chi connectivity index (χ0v) is 21.3. The molecule has 2 aromatic carbocycles. The maximum atomic E-state index is 12.4. The molecule has 0 aliphatic heterocycles. The summed E-state index contributed by atoms with van der Waals surface area (Å²) in [4.78, 5) is 24.7. The topological polar surface area (TPSA) is 129 Å². The van der Waals surface area contributed by atoms with Crippen molar-refractivity contribution in [3.63, 3.8) is 0 Å². The fourth-order valence-corrected chi connectivity index (χ4v) is 3.75.